The molecule has 1 heterocycles. The average molecular weight is 313 g/mol. The van der Waals surface area contributed by atoms with Gasteiger partial charge in [-0.2, -0.15) is 0 Å². The van der Waals surface area contributed by atoms with Crippen LogP contribution in [0.1, 0.15) is 28.8 Å². The van der Waals surface area contributed by atoms with Crippen molar-refractivity contribution in [2.75, 3.05) is 18.9 Å². The number of amides is 1. The molecule has 0 saturated carbocycles. The van der Waals surface area contributed by atoms with E-state index in [-0.39, 0.29) is 11.9 Å². The van der Waals surface area contributed by atoms with Crippen molar-refractivity contribution in [3.05, 3.63) is 27.7 Å². The zero-order valence-electron chi connectivity index (χ0n) is 10.3. The van der Waals surface area contributed by atoms with E-state index in [0.29, 0.717) is 24.5 Å². The van der Waals surface area contributed by atoms with Crippen molar-refractivity contribution in [1.82, 2.24) is 5.32 Å². The zero-order chi connectivity index (χ0) is 13.1. The molecule has 1 aliphatic rings. The highest BCUT2D eigenvalue weighted by Gasteiger charge is 2.19. The maximum atomic E-state index is 12.2. The third-order valence-electron chi connectivity index (χ3n) is 3.21. The van der Waals surface area contributed by atoms with Gasteiger partial charge < -0.3 is 15.8 Å². The predicted molar refractivity (Wildman–Crippen MR) is 74.6 cm³/mol. The maximum Gasteiger partial charge on any atom is 0.251 e. The van der Waals surface area contributed by atoms with E-state index in [0.717, 1.165) is 22.9 Å². The number of carbonyl (C=O) groups excluding carboxylic acids is 1. The lowest BCUT2D eigenvalue weighted by atomic mass is 10.0. The Morgan fingerprint density at radius 3 is 2.78 bits per heavy atom. The standard InChI is InChI=1S/C13H17BrN2O2/c1-8-11(6-9(14)7-12(8)15)13(17)16-10-2-4-18-5-3-10/h6-7,10H,2-5,15H2,1H3,(H,16,17). The van der Waals surface area contributed by atoms with Crippen LogP contribution in [0.4, 0.5) is 5.69 Å². The van der Waals surface area contributed by atoms with E-state index < -0.39 is 0 Å². The van der Waals surface area contributed by atoms with Crippen LogP contribution in [-0.4, -0.2) is 25.2 Å². The number of anilines is 1. The summed E-state index contributed by atoms with van der Waals surface area (Å²) in [6, 6.07) is 3.81. The molecular weight excluding hydrogens is 296 g/mol. The number of benzene rings is 1. The first-order valence-corrected chi connectivity index (χ1v) is 6.81. The molecule has 1 saturated heterocycles. The number of carbonyl (C=O) groups is 1. The van der Waals surface area contributed by atoms with Crippen LogP contribution in [0.5, 0.6) is 0 Å². The largest absolute Gasteiger partial charge is 0.398 e. The highest BCUT2D eigenvalue weighted by Crippen LogP contribution is 2.23. The van der Waals surface area contributed by atoms with Gasteiger partial charge in [-0.15, -0.1) is 0 Å². The molecule has 2 rings (SSSR count). The molecule has 5 heteroatoms. The lowest BCUT2D eigenvalue weighted by molar-refractivity contribution is 0.0696. The van der Waals surface area contributed by atoms with Crippen LogP contribution in [0.15, 0.2) is 16.6 Å². The second-order valence-electron chi connectivity index (χ2n) is 4.53. The summed E-state index contributed by atoms with van der Waals surface area (Å²) in [5, 5.41) is 3.04. The molecular formula is C13H17BrN2O2. The highest BCUT2D eigenvalue weighted by molar-refractivity contribution is 9.10. The van der Waals surface area contributed by atoms with Gasteiger partial charge in [-0.05, 0) is 37.5 Å². The van der Waals surface area contributed by atoms with Crippen LogP contribution >= 0.6 is 15.9 Å². The molecule has 1 fully saturated rings. The molecule has 0 aliphatic carbocycles. The van der Waals surface area contributed by atoms with Gasteiger partial charge in [0.25, 0.3) is 5.91 Å². The third-order valence-corrected chi connectivity index (χ3v) is 3.67. The Hall–Kier alpha value is -1.07. The molecule has 0 unspecified atom stereocenters. The van der Waals surface area contributed by atoms with Crippen molar-refractivity contribution in [1.29, 1.82) is 0 Å². The fourth-order valence-corrected chi connectivity index (χ4v) is 2.52. The number of nitrogens with two attached hydrogens (primary N) is 1. The van der Waals surface area contributed by atoms with Crippen molar-refractivity contribution in [3.8, 4) is 0 Å². The number of halogens is 1. The molecule has 4 nitrogen and oxygen atoms in total. The lowest BCUT2D eigenvalue weighted by Crippen LogP contribution is -2.39. The van der Waals surface area contributed by atoms with Crippen LogP contribution in [0.2, 0.25) is 0 Å². The van der Waals surface area contributed by atoms with Crippen LogP contribution in [-0.2, 0) is 4.74 Å². The van der Waals surface area contributed by atoms with E-state index in [1.807, 2.05) is 6.92 Å². The van der Waals surface area contributed by atoms with Crippen LogP contribution in [0, 0.1) is 6.92 Å². The number of ether oxygens (including phenoxy) is 1. The Morgan fingerprint density at radius 2 is 2.11 bits per heavy atom. The summed E-state index contributed by atoms with van der Waals surface area (Å²) in [5.41, 5.74) is 7.94. The molecule has 1 aromatic carbocycles. The molecule has 0 aromatic heterocycles. The molecule has 3 N–H and O–H groups in total. The first kappa shape index (κ1) is 13.4. The molecule has 0 radical (unpaired) electrons. The van der Waals surface area contributed by atoms with Gasteiger partial charge in [0.05, 0.1) is 0 Å². The van der Waals surface area contributed by atoms with E-state index in [9.17, 15) is 4.79 Å². The smallest absolute Gasteiger partial charge is 0.251 e. The van der Waals surface area contributed by atoms with Gasteiger partial charge in [0.2, 0.25) is 0 Å². The number of hydrogen-bond donors (Lipinski definition) is 2. The van der Waals surface area contributed by atoms with Gasteiger partial charge in [-0.3, -0.25) is 4.79 Å². The highest BCUT2D eigenvalue weighted by atomic mass is 79.9. The summed E-state index contributed by atoms with van der Waals surface area (Å²) in [7, 11) is 0. The predicted octanol–water partition coefficient (Wildman–Crippen LogP) is 2.25. The first-order chi connectivity index (χ1) is 8.58. The van der Waals surface area contributed by atoms with E-state index >= 15 is 0 Å². The van der Waals surface area contributed by atoms with Crippen LogP contribution in [0.25, 0.3) is 0 Å². The van der Waals surface area contributed by atoms with E-state index in [1.165, 1.54) is 0 Å². The summed E-state index contributed by atoms with van der Waals surface area (Å²) in [6.07, 6.45) is 1.74. The van der Waals surface area contributed by atoms with Gasteiger partial charge in [0.15, 0.2) is 0 Å². The summed E-state index contributed by atoms with van der Waals surface area (Å²) in [6.45, 7) is 3.29. The van der Waals surface area contributed by atoms with Gasteiger partial charge >= 0.3 is 0 Å². The molecule has 1 amide bonds. The lowest BCUT2D eigenvalue weighted by Gasteiger charge is -2.23. The van der Waals surface area contributed by atoms with Gasteiger partial charge in [0.1, 0.15) is 0 Å². The molecule has 98 valence electrons. The summed E-state index contributed by atoms with van der Waals surface area (Å²) >= 11 is 3.36. The minimum absolute atomic E-state index is 0.0626. The Morgan fingerprint density at radius 1 is 1.44 bits per heavy atom. The van der Waals surface area contributed by atoms with Crippen molar-refractivity contribution in [2.24, 2.45) is 0 Å². The SMILES string of the molecule is Cc1c(N)cc(Br)cc1C(=O)NC1CCOCC1. The van der Waals surface area contributed by atoms with Gasteiger partial charge in [0, 0.05) is 35.0 Å². The minimum atomic E-state index is -0.0626. The quantitative estimate of drug-likeness (QED) is 0.823. The topological polar surface area (TPSA) is 64.4 Å². The molecule has 0 bridgehead atoms. The Balaban J connectivity index is 2.13. The number of rotatable bonds is 2. The summed E-state index contributed by atoms with van der Waals surface area (Å²) in [5.74, 6) is -0.0626. The number of hydrogen-bond acceptors (Lipinski definition) is 3. The van der Waals surface area contributed by atoms with E-state index in [4.69, 9.17) is 10.5 Å². The molecule has 0 spiro atoms. The number of nitrogens with one attached hydrogen (secondary N) is 1. The monoisotopic (exact) mass is 312 g/mol. The molecule has 1 aliphatic heterocycles. The first-order valence-electron chi connectivity index (χ1n) is 6.02. The molecule has 0 atom stereocenters. The van der Waals surface area contributed by atoms with E-state index in [2.05, 4.69) is 21.2 Å². The minimum Gasteiger partial charge on any atom is -0.398 e. The maximum absolute atomic E-state index is 12.2. The second-order valence-corrected chi connectivity index (χ2v) is 5.44. The second kappa shape index (κ2) is 5.71. The van der Waals surface area contributed by atoms with Gasteiger partial charge in [-0.25, -0.2) is 0 Å². The molecule has 18 heavy (non-hydrogen) atoms. The van der Waals surface area contributed by atoms with Crippen LogP contribution < -0.4 is 11.1 Å². The Bertz CT molecular complexity index is 457. The van der Waals surface area contributed by atoms with Crippen molar-refractivity contribution in [2.45, 2.75) is 25.8 Å². The van der Waals surface area contributed by atoms with Crippen molar-refractivity contribution >= 4 is 27.5 Å². The normalized spacial score (nSPS) is 16.6. The Kier molecular flexibility index (Phi) is 4.24. The van der Waals surface area contributed by atoms with Crippen LogP contribution in [0.3, 0.4) is 0 Å². The van der Waals surface area contributed by atoms with Gasteiger partial charge in [-0.1, -0.05) is 15.9 Å². The fraction of sp³-hybridized carbons (Fsp3) is 0.462. The van der Waals surface area contributed by atoms with E-state index in [1.54, 1.807) is 12.1 Å². The average Bonchev–Trinajstić information content (AvgIpc) is 2.35. The summed E-state index contributed by atoms with van der Waals surface area (Å²) in [4.78, 5) is 12.2. The van der Waals surface area contributed by atoms with Crippen molar-refractivity contribution in [3.63, 3.8) is 0 Å². The fourth-order valence-electron chi connectivity index (χ4n) is 2.04. The molecule has 1 aromatic rings. The number of nitrogen functional groups attached to an aromatic ring is 1. The summed E-state index contributed by atoms with van der Waals surface area (Å²) < 4.78 is 6.09. The van der Waals surface area contributed by atoms with Crippen molar-refractivity contribution < 1.29 is 9.53 Å². The zero-order valence-corrected chi connectivity index (χ0v) is 11.9. The Labute approximate surface area is 115 Å². The third kappa shape index (κ3) is 3.03.